The lowest BCUT2D eigenvalue weighted by atomic mass is 9.99. The van der Waals surface area contributed by atoms with Gasteiger partial charge in [0.15, 0.2) is 17.1 Å². The van der Waals surface area contributed by atoms with Crippen molar-refractivity contribution in [1.82, 2.24) is 20.1 Å². The van der Waals surface area contributed by atoms with Crippen molar-refractivity contribution < 1.29 is 19.0 Å². The van der Waals surface area contributed by atoms with Crippen LogP contribution in [0.5, 0.6) is 17.2 Å². The predicted molar refractivity (Wildman–Crippen MR) is 131 cm³/mol. The largest absolute Gasteiger partial charge is 0.493 e. The Morgan fingerprint density at radius 1 is 1.00 bits per heavy atom. The first-order valence-corrected chi connectivity index (χ1v) is 11.9. The molecule has 4 aromatic rings. The molecule has 1 atom stereocenters. The van der Waals surface area contributed by atoms with Gasteiger partial charge in [-0.15, -0.1) is 0 Å². The van der Waals surface area contributed by atoms with Crippen LogP contribution in [0.15, 0.2) is 54.7 Å². The van der Waals surface area contributed by atoms with Gasteiger partial charge in [0.1, 0.15) is 19.0 Å². The van der Waals surface area contributed by atoms with Crippen LogP contribution in [0.25, 0.3) is 22.3 Å². The van der Waals surface area contributed by atoms with Crippen molar-refractivity contribution in [2.75, 3.05) is 19.8 Å². The second kappa shape index (κ2) is 8.61. The van der Waals surface area contributed by atoms with Crippen LogP contribution in [0.3, 0.4) is 0 Å². The van der Waals surface area contributed by atoms with Gasteiger partial charge < -0.3 is 19.5 Å². The molecular weight excluding hydrogens is 444 g/mol. The monoisotopic (exact) mass is 470 g/mol. The summed E-state index contributed by atoms with van der Waals surface area (Å²) in [7, 11) is 0. The third kappa shape index (κ3) is 3.84. The lowest BCUT2D eigenvalue weighted by Crippen LogP contribution is -2.32. The van der Waals surface area contributed by atoms with E-state index < -0.39 is 0 Å². The third-order valence-corrected chi connectivity index (χ3v) is 6.40. The number of nitrogens with one attached hydrogen (secondary N) is 1. The van der Waals surface area contributed by atoms with Crippen LogP contribution < -0.4 is 19.5 Å². The molecule has 0 saturated heterocycles. The number of fused-ring (bicyclic) bond motifs is 3. The maximum absolute atomic E-state index is 13.7. The fourth-order valence-electron chi connectivity index (χ4n) is 4.66. The molecule has 0 spiro atoms. The molecule has 2 aliphatic rings. The van der Waals surface area contributed by atoms with Crippen LogP contribution in [0.1, 0.15) is 48.3 Å². The molecule has 2 aromatic heterocycles. The highest BCUT2D eigenvalue weighted by atomic mass is 16.6. The summed E-state index contributed by atoms with van der Waals surface area (Å²) in [5.41, 5.74) is 3.72. The Labute approximate surface area is 202 Å². The number of carbonyl (C=O) groups is 1. The van der Waals surface area contributed by atoms with Crippen molar-refractivity contribution in [2.45, 2.75) is 32.4 Å². The summed E-state index contributed by atoms with van der Waals surface area (Å²) in [6, 6.07) is 15.4. The van der Waals surface area contributed by atoms with Gasteiger partial charge >= 0.3 is 0 Å². The summed E-state index contributed by atoms with van der Waals surface area (Å²) in [5, 5.41) is 8.48. The number of carbonyl (C=O) groups excluding carboxylic acids is 1. The van der Waals surface area contributed by atoms with E-state index in [2.05, 4.69) is 10.4 Å². The number of rotatable bonds is 4. The van der Waals surface area contributed by atoms with E-state index in [-0.39, 0.29) is 18.0 Å². The SMILES string of the molecule is CC(C)n1ncc2c(C(=O)NC3CCOc4ccccc43)cc(-c3ccc4c(c3)OCCO4)nc21. The maximum Gasteiger partial charge on any atom is 0.252 e. The van der Waals surface area contributed by atoms with Gasteiger partial charge in [0.05, 0.1) is 35.5 Å². The summed E-state index contributed by atoms with van der Waals surface area (Å²) in [6.07, 6.45) is 2.43. The molecule has 0 radical (unpaired) electrons. The number of hydrogen-bond donors (Lipinski definition) is 1. The Hall–Kier alpha value is -4.07. The van der Waals surface area contributed by atoms with Crippen molar-refractivity contribution in [2.24, 2.45) is 0 Å². The summed E-state index contributed by atoms with van der Waals surface area (Å²) in [5.74, 6) is 2.04. The smallest absolute Gasteiger partial charge is 0.252 e. The highest BCUT2D eigenvalue weighted by Gasteiger charge is 2.26. The summed E-state index contributed by atoms with van der Waals surface area (Å²) >= 11 is 0. The summed E-state index contributed by atoms with van der Waals surface area (Å²) in [4.78, 5) is 18.6. The second-order valence-electron chi connectivity index (χ2n) is 9.03. The number of ether oxygens (including phenoxy) is 3. The maximum atomic E-state index is 13.7. The van der Waals surface area contributed by atoms with Gasteiger partial charge in [0.2, 0.25) is 0 Å². The Morgan fingerprint density at radius 2 is 1.80 bits per heavy atom. The van der Waals surface area contributed by atoms with Gasteiger partial charge in [-0.2, -0.15) is 5.10 Å². The highest BCUT2D eigenvalue weighted by molar-refractivity contribution is 6.06. The van der Waals surface area contributed by atoms with Crippen LogP contribution in [0.2, 0.25) is 0 Å². The van der Waals surface area contributed by atoms with Gasteiger partial charge in [-0.3, -0.25) is 4.79 Å². The van der Waals surface area contributed by atoms with E-state index >= 15 is 0 Å². The van der Waals surface area contributed by atoms with Crippen molar-refractivity contribution in [3.63, 3.8) is 0 Å². The number of nitrogens with zero attached hydrogens (tertiary/aromatic N) is 3. The van der Waals surface area contributed by atoms with Crippen molar-refractivity contribution >= 4 is 16.9 Å². The Morgan fingerprint density at radius 3 is 2.66 bits per heavy atom. The first-order valence-electron chi connectivity index (χ1n) is 11.9. The van der Waals surface area contributed by atoms with E-state index in [0.29, 0.717) is 54.6 Å². The quantitative estimate of drug-likeness (QED) is 0.465. The molecule has 6 rings (SSSR count). The zero-order chi connectivity index (χ0) is 23.9. The Bertz CT molecular complexity index is 1430. The van der Waals surface area contributed by atoms with Crippen LogP contribution >= 0.6 is 0 Å². The van der Waals surface area contributed by atoms with Gasteiger partial charge in [-0.1, -0.05) is 18.2 Å². The average Bonchev–Trinajstić information content (AvgIpc) is 3.32. The zero-order valence-electron chi connectivity index (χ0n) is 19.7. The molecule has 178 valence electrons. The minimum absolute atomic E-state index is 0.0915. The molecule has 2 aromatic carbocycles. The van der Waals surface area contributed by atoms with Crippen LogP contribution in [0, 0.1) is 0 Å². The van der Waals surface area contributed by atoms with E-state index in [1.54, 1.807) is 6.20 Å². The lowest BCUT2D eigenvalue weighted by Gasteiger charge is -2.26. The standard InChI is InChI=1S/C27H26N4O4/c1-16(2)31-26-20(15-28-31)19(27(32)30-21-9-10-33-23-6-4-3-5-18(21)23)14-22(29-26)17-7-8-24-25(13-17)35-12-11-34-24/h3-8,13-16,21H,9-12H2,1-2H3,(H,30,32). The minimum Gasteiger partial charge on any atom is -0.493 e. The van der Waals surface area contributed by atoms with E-state index in [9.17, 15) is 4.79 Å². The molecular formula is C27H26N4O4. The molecule has 2 aliphatic heterocycles. The van der Waals surface area contributed by atoms with E-state index in [4.69, 9.17) is 19.2 Å². The Balaban J connectivity index is 1.43. The topological polar surface area (TPSA) is 87.5 Å². The lowest BCUT2D eigenvalue weighted by molar-refractivity contribution is 0.0926. The van der Waals surface area contributed by atoms with Crippen LogP contribution in [0.4, 0.5) is 0 Å². The zero-order valence-corrected chi connectivity index (χ0v) is 19.7. The van der Waals surface area contributed by atoms with Crippen molar-refractivity contribution in [3.05, 3.63) is 65.9 Å². The number of benzene rings is 2. The highest BCUT2D eigenvalue weighted by Crippen LogP contribution is 2.36. The summed E-state index contributed by atoms with van der Waals surface area (Å²) in [6.45, 7) is 5.68. The Kier molecular flexibility index (Phi) is 5.28. The molecule has 8 heteroatoms. The van der Waals surface area contributed by atoms with Crippen molar-refractivity contribution in [1.29, 1.82) is 0 Å². The van der Waals surface area contributed by atoms with Gasteiger partial charge in [0.25, 0.3) is 5.91 Å². The molecule has 8 nitrogen and oxygen atoms in total. The van der Waals surface area contributed by atoms with Crippen LogP contribution in [-0.4, -0.2) is 40.5 Å². The molecule has 4 heterocycles. The van der Waals surface area contributed by atoms with Gasteiger partial charge in [-0.25, -0.2) is 9.67 Å². The molecule has 0 aliphatic carbocycles. The van der Waals surface area contributed by atoms with E-state index in [0.717, 1.165) is 22.3 Å². The fourth-order valence-corrected chi connectivity index (χ4v) is 4.66. The van der Waals surface area contributed by atoms with Crippen molar-refractivity contribution in [3.8, 4) is 28.5 Å². The third-order valence-electron chi connectivity index (χ3n) is 6.40. The van der Waals surface area contributed by atoms with E-state index in [1.807, 2.05) is 67.1 Å². The number of amides is 1. The summed E-state index contributed by atoms with van der Waals surface area (Å²) < 4.78 is 19.0. The number of pyridine rings is 1. The molecule has 35 heavy (non-hydrogen) atoms. The number of aromatic nitrogens is 3. The number of hydrogen-bond acceptors (Lipinski definition) is 6. The van der Waals surface area contributed by atoms with E-state index in [1.165, 1.54) is 0 Å². The van der Waals surface area contributed by atoms with Gasteiger partial charge in [0, 0.05) is 23.6 Å². The molecule has 0 fully saturated rings. The number of para-hydroxylation sites is 1. The van der Waals surface area contributed by atoms with Crippen LogP contribution in [-0.2, 0) is 0 Å². The minimum atomic E-state index is -0.166. The molecule has 1 unspecified atom stereocenters. The second-order valence-corrected chi connectivity index (χ2v) is 9.03. The molecule has 1 amide bonds. The predicted octanol–water partition coefficient (Wildman–Crippen LogP) is 4.70. The molecule has 1 N–H and O–H groups in total. The average molecular weight is 471 g/mol. The molecule has 0 bridgehead atoms. The van der Waals surface area contributed by atoms with Gasteiger partial charge in [-0.05, 0) is 44.2 Å². The normalized spacial score (nSPS) is 16.6. The first-order chi connectivity index (χ1) is 17.1. The fraction of sp³-hybridized carbons (Fsp3) is 0.296. The molecule has 0 saturated carbocycles. The first kappa shape index (κ1) is 21.5.